The van der Waals surface area contributed by atoms with Crippen LogP contribution in [0.1, 0.15) is 19.8 Å². The Bertz CT molecular complexity index is 679. The second kappa shape index (κ2) is 4.69. The lowest BCUT2D eigenvalue weighted by atomic mass is 9.83. The molecular weight excluding hydrogens is 298 g/mol. The van der Waals surface area contributed by atoms with E-state index in [1.807, 2.05) is 0 Å². The van der Waals surface area contributed by atoms with Crippen LogP contribution in [0.2, 0.25) is 5.02 Å². The first kappa shape index (κ1) is 14.0. The zero-order chi connectivity index (χ0) is 15.5. The maximum atomic E-state index is 13.0. The van der Waals surface area contributed by atoms with E-state index in [0.29, 0.717) is 40.3 Å². The molecule has 3 aliphatic rings. The molecule has 114 valence electrons. The van der Waals surface area contributed by atoms with Crippen molar-refractivity contribution in [1.82, 2.24) is 0 Å². The summed E-state index contributed by atoms with van der Waals surface area (Å²) in [5.41, 5.74) is 0.874. The highest BCUT2D eigenvalue weighted by atomic mass is 35.5. The van der Waals surface area contributed by atoms with Gasteiger partial charge in [-0.1, -0.05) is 36.7 Å². The molecule has 3 aliphatic carbocycles. The van der Waals surface area contributed by atoms with Gasteiger partial charge in [0.2, 0.25) is 12.3 Å². The van der Waals surface area contributed by atoms with E-state index < -0.39 is 0 Å². The molecule has 22 heavy (non-hydrogen) atoms. The maximum absolute atomic E-state index is 13.0. The van der Waals surface area contributed by atoms with E-state index in [-0.39, 0.29) is 11.8 Å². The number of rotatable bonds is 3. The summed E-state index contributed by atoms with van der Waals surface area (Å²) in [6.45, 7) is 2.15. The van der Waals surface area contributed by atoms with Gasteiger partial charge in [0.15, 0.2) is 0 Å². The Kier molecular flexibility index (Phi) is 2.99. The van der Waals surface area contributed by atoms with Crippen molar-refractivity contribution in [2.45, 2.75) is 19.8 Å². The van der Waals surface area contributed by atoms with Crippen LogP contribution >= 0.6 is 11.6 Å². The molecule has 0 radical (unpaired) electrons. The molecule has 1 spiro atoms. The Morgan fingerprint density at radius 3 is 2.64 bits per heavy atom. The zero-order valence-corrected chi connectivity index (χ0v) is 13.2. The van der Waals surface area contributed by atoms with Gasteiger partial charge in [0.25, 0.3) is 0 Å². The molecular formula is C18H18ClNO2. The van der Waals surface area contributed by atoms with Crippen molar-refractivity contribution < 1.29 is 9.59 Å². The number of amides is 2. The average Bonchev–Trinajstić information content (AvgIpc) is 3.15. The molecule has 4 rings (SSSR count). The fourth-order valence-electron chi connectivity index (χ4n) is 4.79. The smallest absolute Gasteiger partial charge is 0.237 e. The van der Waals surface area contributed by atoms with Gasteiger partial charge in [0.05, 0.1) is 5.69 Å². The van der Waals surface area contributed by atoms with Gasteiger partial charge in [-0.2, -0.15) is 0 Å². The fraction of sp³-hybridized carbons (Fsp3) is 0.444. The third-order valence-corrected chi connectivity index (χ3v) is 6.15. The minimum Gasteiger partial charge on any atom is -0.278 e. The number of imide groups is 1. The van der Waals surface area contributed by atoms with Crippen molar-refractivity contribution in [3.8, 4) is 0 Å². The van der Waals surface area contributed by atoms with Gasteiger partial charge in [-0.3, -0.25) is 14.5 Å². The summed E-state index contributed by atoms with van der Waals surface area (Å²) in [6, 6.07) is 6.90. The number of allylic oxidation sites excluding steroid dienone is 2. The van der Waals surface area contributed by atoms with E-state index in [9.17, 15) is 9.59 Å². The van der Waals surface area contributed by atoms with Crippen LogP contribution in [0.4, 0.5) is 5.69 Å². The minimum atomic E-state index is -0.0957. The Hall–Kier alpha value is -1.61. The second-order valence-corrected chi connectivity index (χ2v) is 7.28. The largest absolute Gasteiger partial charge is 0.278 e. The predicted octanol–water partition coefficient (Wildman–Crippen LogP) is 3.68. The van der Waals surface area contributed by atoms with Gasteiger partial charge in [-0.15, -0.1) is 0 Å². The molecule has 1 aromatic carbocycles. The van der Waals surface area contributed by atoms with Gasteiger partial charge < -0.3 is 0 Å². The fourth-order valence-corrected chi connectivity index (χ4v) is 4.97. The van der Waals surface area contributed by atoms with E-state index in [4.69, 9.17) is 11.6 Å². The molecule has 0 N–H and O–H groups in total. The lowest BCUT2D eigenvalue weighted by molar-refractivity contribution is -0.126. The molecule has 2 fully saturated rings. The van der Waals surface area contributed by atoms with Crippen LogP contribution in [0.15, 0.2) is 36.4 Å². The number of carbonyl (C=O) groups is 2. The van der Waals surface area contributed by atoms with Crippen LogP contribution in [0, 0.1) is 29.1 Å². The highest BCUT2D eigenvalue weighted by molar-refractivity contribution is 6.31. The minimum absolute atomic E-state index is 0.0899. The second-order valence-electron chi connectivity index (χ2n) is 6.85. The normalized spacial score (nSPS) is 33.2. The van der Waals surface area contributed by atoms with Crippen molar-refractivity contribution in [2.24, 2.45) is 29.1 Å². The monoisotopic (exact) mass is 315 g/mol. The molecule has 2 amide bonds. The molecule has 0 unspecified atom stereocenters. The number of benzene rings is 1. The Morgan fingerprint density at radius 1 is 1.32 bits per heavy atom. The summed E-state index contributed by atoms with van der Waals surface area (Å²) >= 11 is 5.99. The van der Waals surface area contributed by atoms with Crippen LogP contribution in [0.5, 0.6) is 0 Å². The van der Waals surface area contributed by atoms with Crippen molar-refractivity contribution in [1.29, 1.82) is 0 Å². The van der Waals surface area contributed by atoms with Crippen molar-refractivity contribution in [3.63, 3.8) is 0 Å². The molecule has 0 aliphatic heterocycles. The lowest BCUT2D eigenvalue weighted by Crippen LogP contribution is -2.39. The van der Waals surface area contributed by atoms with Gasteiger partial charge >= 0.3 is 0 Å². The first-order chi connectivity index (χ1) is 10.6. The Labute approximate surface area is 134 Å². The molecule has 4 heteroatoms. The summed E-state index contributed by atoms with van der Waals surface area (Å²) in [5, 5.41) is 0.525. The summed E-state index contributed by atoms with van der Waals surface area (Å²) in [4.78, 5) is 25.8. The average molecular weight is 316 g/mol. The maximum Gasteiger partial charge on any atom is 0.237 e. The van der Waals surface area contributed by atoms with Crippen LogP contribution in [0.3, 0.4) is 0 Å². The van der Waals surface area contributed by atoms with Crippen molar-refractivity contribution >= 4 is 29.6 Å². The topological polar surface area (TPSA) is 37.4 Å². The Morgan fingerprint density at radius 2 is 2.05 bits per heavy atom. The van der Waals surface area contributed by atoms with Crippen LogP contribution < -0.4 is 4.90 Å². The first-order valence-electron chi connectivity index (χ1n) is 7.81. The van der Waals surface area contributed by atoms with Crippen molar-refractivity contribution in [2.75, 3.05) is 4.90 Å². The number of nitrogens with zero attached hydrogens (tertiary/aromatic N) is 1. The van der Waals surface area contributed by atoms with E-state index in [1.54, 1.807) is 24.3 Å². The number of anilines is 1. The molecule has 1 aromatic rings. The van der Waals surface area contributed by atoms with E-state index in [1.165, 1.54) is 17.7 Å². The molecule has 2 saturated carbocycles. The quantitative estimate of drug-likeness (QED) is 0.630. The number of hydrogen-bond donors (Lipinski definition) is 0. The third kappa shape index (κ3) is 1.75. The third-order valence-electron chi connectivity index (χ3n) is 5.92. The summed E-state index contributed by atoms with van der Waals surface area (Å²) in [5.74, 6) is 0.905. The lowest BCUT2D eigenvalue weighted by Gasteiger charge is -2.27. The molecule has 0 saturated heterocycles. The van der Waals surface area contributed by atoms with E-state index in [0.717, 1.165) is 0 Å². The predicted molar refractivity (Wildman–Crippen MR) is 85.4 cm³/mol. The Balaban J connectivity index is 1.66. The molecule has 0 heterocycles. The summed E-state index contributed by atoms with van der Waals surface area (Å²) in [7, 11) is 0. The number of hydrogen-bond acceptors (Lipinski definition) is 2. The summed E-state index contributed by atoms with van der Waals surface area (Å²) in [6.07, 6.45) is 7.54. The van der Waals surface area contributed by atoms with E-state index >= 15 is 0 Å². The number of carbonyl (C=O) groups excluding carboxylic acids is 2. The highest BCUT2D eigenvalue weighted by Gasteiger charge is 2.67. The van der Waals surface area contributed by atoms with Gasteiger partial charge in [0.1, 0.15) is 0 Å². The molecule has 4 atom stereocenters. The first-order valence-corrected chi connectivity index (χ1v) is 8.18. The van der Waals surface area contributed by atoms with Crippen LogP contribution in [-0.4, -0.2) is 12.3 Å². The SMILES string of the molecule is C[C@@H]1[C@H](C(=O)N(C=O)c2cccc(Cl)c2)[C@H]2C=C[C@H]1C21CC1. The number of halogens is 1. The van der Waals surface area contributed by atoms with Gasteiger partial charge in [-0.05, 0) is 54.2 Å². The van der Waals surface area contributed by atoms with Gasteiger partial charge in [-0.25, -0.2) is 0 Å². The van der Waals surface area contributed by atoms with Crippen LogP contribution in [0.25, 0.3) is 0 Å². The van der Waals surface area contributed by atoms with Crippen molar-refractivity contribution in [3.05, 3.63) is 41.4 Å². The standard InChI is InChI=1S/C18H18ClNO2/c1-11-14-5-6-15(18(14)7-8-18)16(11)17(22)20(10-21)13-4-2-3-12(19)9-13/h2-6,9-11,14-16H,7-8H2,1H3/t11-,14+,15+,16-/m0/s1. The van der Waals surface area contributed by atoms with Gasteiger partial charge in [0, 0.05) is 10.9 Å². The molecule has 3 nitrogen and oxygen atoms in total. The van der Waals surface area contributed by atoms with Crippen LogP contribution in [-0.2, 0) is 9.59 Å². The molecule has 0 aromatic heterocycles. The zero-order valence-electron chi connectivity index (χ0n) is 12.4. The molecule has 2 bridgehead atoms. The summed E-state index contributed by atoms with van der Waals surface area (Å²) < 4.78 is 0. The van der Waals surface area contributed by atoms with E-state index in [2.05, 4.69) is 19.1 Å². The highest BCUT2D eigenvalue weighted by Crippen LogP contribution is 2.72.